The van der Waals surface area contributed by atoms with Crippen LogP contribution in [-0.4, -0.2) is 35.5 Å². The molecule has 0 N–H and O–H groups in total. The zero-order valence-electron chi connectivity index (χ0n) is 14.6. The fourth-order valence-corrected chi connectivity index (χ4v) is 3.37. The number of rotatable bonds is 5. The van der Waals surface area contributed by atoms with Crippen molar-refractivity contribution >= 4 is 29.1 Å². The summed E-state index contributed by atoms with van der Waals surface area (Å²) in [6.45, 7) is 2.81. The Balaban J connectivity index is 1.55. The Bertz CT molecular complexity index is 898. The maximum absolute atomic E-state index is 13.0. The predicted octanol–water partition coefficient (Wildman–Crippen LogP) is 3.23. The highest BCUT2D eigenvalue weighted by atomic mass is 35.5. The highest BCUT2D eigenvalue weighted by Crippen LogP contribution is 2.33. The van der Waals surface area contributed by atoms with Crippen molar-refractivity contribution in [1.82, 2.24) is 5.01 Å². The molecule has 7 nitrogen and oxygen atoms in total. The maximum Gasteiger partial charge on any atom is 0.263 e. The minimum Gasteiger partial charge on any atom is -0.494 e. The fraction of sp³-hybridized carbons (Fsp3) is 0.263. The van der Waals surface area contributed by atoms with E-state index in [1.165, 1.54) is 4.90 Å². The number of ether oxygens (including phenoxy) is 1. The van der Waals surface area contributed by atoms with Crippen LogP contribution < -0.4 is 9.64 Å². The van der Waals surface area contributed by atoms with Gasteiger partial charge in [0.05, 0.1) is 18.8 Å². The van der Waals surface area contributed by atoms with Crippen molar-refractivity contribution < 1.29 is 14.3 Å². The van der Waals surface area contributed by atoms with Crippen LogP contribution in [0.4, 0.5) is 5.69 Å². The van der Waals surface area contributed by atoms with Gasteiger partial charge in [-0.05, 0) is 48.9 Å². The molecule has 0 unspecified atom stereocenters. The number of benzene rings is 2. The molecule has 27 heavy (non-hydrogen) atoms. The Hall–Kier alpha value is -2.93. The van der Waals surface area contributed by atoms with Gasteiger partial charge in [-0.1, -0.05) is 29.0 Å². The van der Waals surface area contributed by atoms with Crippen LogP contribution in [0.5, 0.6) is 5.75 Å². The van der Waals surface area contributed by atoms with Gasteiger partial charge in [-0.15, -0.1) is 0 Å². The van der Waals surface area contributed by atoms with Crippen molar-refractivity contribution in [2.45, 2.75) is 25.6 Å². The standard InChI is InChI=1S/C19H17ClN4O3/c1-2-27-15-9-7-14(8-10-15)24-18(25)16-17(19(24)26)23(22-21-16)11-12-3-5-13(20)6-4-12/h3-10,16-17H,2,11H2,1H3/t16-,17+/m0/s1. The summed E-state index contributed by atoms with van der Waals surface area (Å²) >= 11 is 5.91. The van der Waals surface area contributed by atoms with Crippen molar-refractivity contribution in [2.24, 2.45) is 10.3 Å². The molecule has 2 aliphatic heterocycles. The van der Waals surface area contributed by atoms with Crippen LogP contribution in [0.1, 0.15) is 12.5 Å². The van der Waals surface area contributed by atoms with Crippen LogP contribution in [-0.2, 0) is 16.1 Å². The SMILES string of the molecule is CCOc1ccc(N2C(=O)[C@H]3N=NN(Cc4ccc(Cl)cc4)[C@H]3C2=O)cc1. The molecular weight excluding hydrogens is 368 g/mol. The molecule has 2 amide bonds. The number of fused-ring (bicyclic) bond motifs is 1. The lowest BCUT2D eigenvalue weighted by atomic mass is 10.1. The topological polar surface area (TPSA) is 74.6 Å². The normalized spacial score (nSPS) is 21.1. The second-order valence-electron chi connectivity index (χ2n) is 6.26. The van der Waals surface area contributed by atoms with Gasteiger partial charge in [0.1, 0.15) is 5.75 Å². The lowest BCUT2D eigenvalue weighted by molar-refractivity contribution is -0.123. The van der Waals surface area contributed by atoms with Crippen LogP contribution in [0, 0.1) is 0 Å². The van der Waals surface area contributed by atoms with Gasteiger partial charge in [-0.25, -0.2) is 4.90 Å². The van der Waals surface area contributed by atoms with Crippen molar-refractivity contribution in [3.8, 4) is 5.75 Å². The molecule has 138 valence electrons. The molecule has 0 bridgehead atoms. The molecule has 0 saturated carbocycles. The molecule has 1 fully saturated rings. The summed E-state index contributed by atoms with van der Waals surface area (Å²) in [5.74, 6) is -0.00534. The van der Waals surface area contributed by atoms with Crippen LogP contribution in [0.3, 0.4) is 0 Å². The molecule has 2 aromatic carbocycles. The average Bonchev–Trinajstić information content (AvgIpc) is 3.18. The van der Waals surface area contributed by atoms with Crippen LogP contribution >= 0.6 is 11.6 Å². The number of hydrogen-bond donors (Lipinski definition) is 0. The summed E-state index contributed by atoms with van der Waals surface area (Å²) in [6.07, 6.45) is 0. The summed E-state index contributed by atoms with van der Waals surface area (Å²) in [5, 5.41) is 10.3. The van der Waals surface area contributed by atoms with E-state index in [0.717, 1.165) is 5.56 Å². The molecule has 1 saturated heterocycles. The lowest BCUT2D eigenvalue weighted by Gasteiger charge is -2.20. The van der Waals surface area contributed by atoms with Gasteiger partial charge in [-0.3, -0.25) is 14.6 Å². The molecule has 0 spiro atoms. The molecule has 0 aliphatic carbocycles. The highest BCUT2D eigenvalue weighted by molar-refractivity contribution is 6.30. The van der Waals surface area contributed by atoms with E-state index in [-0.39, 0.29) is 11.8 Å². The van der Waals surface area contributed by atoms with E-state index in [2.05, 4.69) is 10.3 Å². The van der Waals surface area contributed by atoms with Crippen molar-refractivity contribution in [1.29, 1.82) is 0 Å². The first-order chi connectivity index (χ1) is 13.1. The van der Waals surface area contributed by atoms with Crippen LogP contribution in [0.2, 0.25) is 5.02 Å². The number of carbonyl (C=O) groups is 2. The van der Waals surface area contributed by atoms with Gasteiger partial charge < -0.3 is 4.74 Å². The second-order valence-corrected chi connectivity index (χ2v) is 6.69. The molecule has 2 aliphatic rings. The second kappa shape index (κ2) is 7.00. The number of hydrogen-bond acceptors (Lipinski definition) is 6. The van der Waals surface area contributed by atoms with E-state index in [0.29, 0.717) is 29.6 Å². The zero-order valence-corrected chi connectivity index (χ0v) is 15.3. The minimum absolute atomic E-state index is 0.326. The van der Waals surface area contributed by atoms with Crippen molar-refractivity contribution in [3.63, 3.8) is 0 Å². The number of imide groups is 1. The Morgan fingerprint density at radius 3 is 2.41 bits per heavy atom. The van der Waals surface area contributed by atoms with Gasteiger partial charge >= 0.3 is 0 Å². The van der Waals surface area contributed by atoms with Crippen LogP contribution in [0.15, 0.2) is 58.9 Å². The van der Waals surface area contributed by atoms with E-state index in [4.69, 9.17) is 16.3 Å². The summed E-state index contributed by atoms with van der Waals surface area (Å²) in [6, 6.07) is 12.6. The largest absolute Gasteiger partial charge is 0.494 e. The summed E-state index contributed by atoms with van der Waals surface area (Å²) in [4.78, 5) is 26.9. The van der Waals surface area contributed by atoms with Crippen molar-refractivity contribution in [2.75, 3.05) is 11.5 Å². The first-order valence-corrected chi connectivity index (χ1v) is 8.99. The van der Waals surface area contributed by atoms with Gasteiger partial charge in [0.25, 0.3) is 11.8 Å². The monoisotopic (exact) mass is 384 g/mol. The summed E-state index contributed by atoms with van der Waals surface area (Å²) in [5.41, 5.74) is 1.43. The fourth-order valence-electron chi connectivity index (χ4n) is 3.24. The molecule has 4 rings (SSSR count). The predicted molar refractivity (Wildman–Crippen MR) is 99.5 cm³/mol. The van der Waals surface area contributed by atoms with Crippen molar-refractivity contribution in [3.05, 3.63) is 59.1 Å². The van der Waals surface area contributed by atoms with E-state index in [9.17, 15) is 9.59 Å². The third-order valence-electron chi connectivity index (χ3n) is 4.52. The summed E-state index contributed by atoms with van der Waals surface area (Å²) < 4.78 is 5.40. The molecule has 2 heterocycles. The molecular formula is C19H17ClN4O3. The number of amides is 2. The van der Waals surface area contributed by atoms with Crippen LogP contribution in [0.25, 0.3) is 0 Å². The summed E-state index contributed by atoms with van der Waals surface area (Å²) in [7, 11) is 0. The Morgan fingerprint density at radius 2 is 1.74 bits per heavy atom. The van der Waals surface area contributed by atoms with Gasteiger partial charge in [0.15, 0.2) is 12.1 Å². The molecule has 2 atom stereocenters. The number of anilines is 1. The number of nitrogens with zero attached hydrogens (tertiary/aromatic N) is 4. The highest BCUT2D eigenvalue weighted by Gasteiger charge is 2.54. The van der Waals surface area contributed by atoms with Gasteiger partial charge in [-0.2, -0.15) is 5.11 Å². The maximum atomic E-state index is 13.0. The average molecular weight is 385 g/mol. The van der Waals surface area contributed by atoms with E-state index < -0.39 is 12.1 Å². The first kappa shape index (κ1) is 17.5. The van der Waals surface area contributed by atoms with Gasteiger partial charge in [0, 0.05) is 5.02 Å². The number of halogens is 1. The third kappa shape index (κ3) is 3.14. The Kier molecular flexibility index (Phi) is 4.53. The Morgan fingerprint density at radius 1 is 1.04 bits per heavy atom. The smallest absolute Gasteiger partial charge is 0.263 e. The molecule has 8 heteroatoms. The quantitative estimate of drug-likeness (QED) is 0.742. The lowest BCUT2D eigenvalue weighted by Crippen LogP contribution is -2.39. The van der Waals surface area contributed by atoms with E-state index in [1.54, 1.807) is 41.4 Å². The molecule has 0 radical (unpaired) electrons. The number of carbonyl (C=O) groups excluding carboxylic acids is 2. The molecule has 0 aromatic heterocycles. The third-order valence-corrected chi connectivity index (χ3v) is 4.77. The van der Waals surface area contributed by atoms with Gasteiger partial charge in [0.2, 0.25) is 0 Å². The molecule has 2 aromatic rings. The Labute approximate surface area is 161 Å². The zero-order chi connectivity index (χ0) is 19.0. The minimum atomic E-state index is -0.809. The first-order valence-electron chi connectivity index (χ1n) is 8.61. The van der Waals surface area contributed by atoms with E-state index >= 15 is 0 Å². The van der Waals surface area contributed by atoms with E-state index in [1.807, 2.05) is 19.1 Å².